The summed E-state index contributed by atoms with van der Waals surface area (Å²) in [6, 6.07) is 0.395. The second kappa shape index (κ2) is 5.65. The van der Waals surface area contributed by atoms with Crippen LogP contribution in [0.15, 0.2) is 0 Å². The van der Waals surface area contributed by atoms with E-state index in [9.17, 15) is 0 Å². The average molecular weight is 208 g/mol. The van der Waals surface area contributed by atoms with Gasteiger partial charge in [0.2, 0.25) is 5.95 Å². The summed E-state index contributed by atoms with van der Waals surface area (Å²) < 4.78 is 10.1. The molecule has 0 aliphatic heterocycles. The van der Waals surface area contributed by atoms with E-state index in [1.165, 1.54) is 7.11 Å². The Balaban J connectivity index is 2.74. The maximum atomic E-state index is 5.21. The average Bonchev–Trinajstić information content (AvgIpc) is 2.29. The molecule has 0 unspecified atom stereocenters. The van der Waals surface area contributed by atoms with Crippen molar-refractivity contribution < 1.29 is 9.47 Å². The van der Waals surface area contributed by atoms with Crippen LogP contribution in [0.4, 0.5) is 5.95 Å². The number of methoxy groups -OCH3 is 1. The summed E-state index contributed by atoms with van der Waals surface area (Å²) >= 11 is 0. The summed E-state index contributed by atoms with van der Waals surface area (Å²) in [5.41, 5.74) is 0. The molecule has 1 aromatic heterocycles. The second-order valence-corrected chi connectivity index (χ2v) is 2.48. The molecule has 1 N–H and O–H groups in total. The smallest absolute Gasteiger partial charge is 0.324 e. The lowest BCUT2D eigenvalue weighted by Gasteiger charge is -2.05. The first-order valence-corrected chi connectivity index (χ1v) is 4.34. The molecule has 0 fully saturated rings. The van der Waals surface area contributed by atoms with Gasteiger partial charge in [-0.3, -0.25) is 0 Å². The van der Waals surface area contributed by atoms with Crippen molar-refractivity contribution in [3.05, 3.63) is 0 Å². The molecule has 0 bridgehead atoms. The largest absolute Gasteiger partial charge is 0.467 e. The fourth-order valence-electron chi connectivity index (χ4n) is 0.807. The van der Waals surface area contributed by atoms with E-state index in [0.29, 0.717) is 19.0 Å². The number of ether oxygens (including phenoxy) is 2. The molecule has 0 saturated heterocycles. The zero-order valence-corrected chi connectivity index (χ0v) is 8.65. The van der Waals surface area contributed by atoms with Crippen LogP contribution in [-0.4, -0.2) is 35.7 Å². The first-order chi connectivity index (χ1) is 7.30. The summed E-state index contributed by atoms with van der Waals surface area (Å²) in [5.74, 6) is 2.84. The van der Waals surface area contributed by atoms with Crippen molar-refractivity contribution in [1.82, 2.24) is 15.0 Å². The molecule has 0 aliphatic rings. The molecule has 0 radical (unpaired) electrons. The number of terminal acetylenes is 1. The van der Waals surface area contributed by atoms with Crippen molar-refractivity contribution in [2.45, 2.75) is 6.42 Å². The number of anilines is 1. The Morgan fingerprint density at radius 3 is 2.67 bits per heavy atom. The Hall–Kier alpha value is -2.03. The van der Waals surface area contributed by atoms with Gasteiger partial charge in [0.05, 0.1) is 7.11 Å². The van der Waals surface area contributed by atoms with E-state index in [2.05, 4.69) is 26.2 Å². The van der Waals surface area contributed by atoms with Gasteiger partial charge in [0.1, 0.15) is 6.61 Å². The molecular weight excluding hydrogens is 196 g/mol. The van der Waals surface area contributed by atoms with Crippen LogP contribution in [-0.2, 0) is 0 Å². The Kier molecular flexibility index (Phi) is 4.16. The highest BCUT2D eigenvalue weighted by Crippen LogP contribution is 2.11. The molecule has 15 heavy (non-hydrogen) atoms. The molecule has 1 rings (SSSR count). The Labute approximate surface area is 88.1 Å². The zero-order chi connectivity index (χ0) is 11.1. The summed E-state index contributed by atoms with van der Waals surface area (Å²) in [4.78, 5) is 11.8. The number of aromatic nitrogens is 3. The minimum atomic E-state index is 0.196. The normalized spacial score (nSPS) is 9.13. The van der Waals surface area contributed by atoms with Gasteiger partial charge in [-0.15, -0.1) is 17.3 Å². The number of nitrogens with zero attached hydrogens (tertiary/aromatic N) is 3. The van der Waals surface area contributed by atoms with Crippen LogP contribution in [0.2, 0.25) is 0 Å². The molecule has 0 atom stereocenters. The van der Waals surface area contributed by atoms with Crippen molar-refractivity contribution >= 4 is 5.95 Å². The van der Waals surface area contributed by atoms with E-state index < -0.39 is 0 Å². The Bertz CT molecular complexity index is 339. The highest BCUT2D eigenvalue weighted by Gasteiger charge is 2.05. The molecule has 80 valence electrons. The van der Waals surface area contributed by atoms with E-state index in [0.717, 1.165) is 0 Å². The van der Waals surface area contributed by atoms with Gasteiger partial charge >= 0.3 is 12.0 Å². The lowest BCUT2D eigenvalue weighted by Crippen LogP contribution is -2.06. The third-order valence-corrected chi connectivity index (χ3v) is 1.48. The number of hydrogen-bond acceptors (Lipinski definition) is 6. The third-order valence-electron chi connectivity index (χ3n) is 1.48. The fourth-order valence-corrected chi connectivity index (χ4v) is 0.807. The minimum absolute atomic E-state index is 0.196. The van der Waals surface area contributed by atoms with Crippen molar-refractivity contribution in [1.29, 1.82) is 0 Å². The molecule has 6 heteroatoms. The number of nitrogens with one attached hydrogen (secondary N) is 1. The van der Waals surface area contributed by atoms with E-state index in [4.69, 9.17) is 15.9 Å². The quantitative estimate of drug-likeness (QED) is 0.555. The zero-order valence-electron chi connectivity index (χ0n) is 8.65. The van der Waals surface area contributed by atoms with Gasteiger partial charge in [0.15, 0.2) is 0 Å². The van der Waals surface area contributed by atoms with Gasteiger partial charge in [-0.1, -0.05) is 0 Å². The van der Waals surface area contributed by atoms with E-state index in [1.54, 1.807) is 7.05 Å². The first-order valence-electron chi connectivity index (χ1n) is 4.34. The van der Waals surface area contributed by atoms with Crippen LogP contribution in [0.1, 0.15) is 6.42 Å². The van der Waals surface area contributed by atoms with Gasteiger partial charge in [-0.25, -0.2) is 0 Å². The lowest BCUT2D eigenvalue weighted by atomic mass is 10.5. The first kappa shape index (κ1) is 11.0. The highest BCUT2D eigenvalue weighted by molar-refractivity contribution is 5.26. The van der Waals surface area contributed by atoms with Crippen LogP contribution in [0.3, 0.4) is 0 Å². The van der Waals surface area contributed by atoms with E-state index >= 15 is 0 Å². The number of rotatable bonds is 5. The molecule has 0 aromatic carbocycles. The van der Waals surface area contributed by atoms with Crippen LogP contribution >= 0.6 is 0 Å². The van der Waals surface area contributed by atoms with Gasteiger partial charge < -0.3 is 14.8 Å². The fraction of sp³-hybridized carbons (Fsp3) is 0.444. The summed E-state index contributed by atoms with van der Waals surface area (Å²) in [7, 11) is 3.17. The molecule has 0 saturated carbocycles. The summed E-state index contributed by atoms with van der Waals surface area (Å²) in [6.07, 6.45) is 5.59. The van der Waals surface area contributed by atoms with Gasteiger partial charge in [-0.2, -0.15) is 9.97 Å². The van der Waals surface area contributed by atoms with E-state index in [-0.39, 0.29) is 12.0 Å². The third kappa shape index (κ3) is 3.31. The topological polar surface area (TPSA) is 69.2 Å². The predicted octanol–water partition coefficient (Wildman–Crippen LogP) is 0.324. The van der Waals surface area contributed by atoms with Crippen molar-refractivity contribution in [3.8, 4) is 24.4 Å². The summed E-state index contributed by atoms with van der Waals surface area (Å²) in [5, 5.41) is 2.77. The lowest BCUT2D eigenvalue weighted by molar-refractivity contribution is 0.288. The van der Waals surface area contributed by atoms with Crippen LogP contribution in [0, 0.1) is 12.3 Å². The molecule has 1 heterocycles. The Morgan fingerprint density at radius 2 is 2.07 bits per heavy atom. The molecule has 0 spiro atoms. The standard InChI is InChI=1S/C9H12N4O2/c1-4-5-6-15-9-12-7(10-2)11-8(13-9)14-3/h1H,5-6H2,2-3H3,(H,10,11,12,13). The van der Waals surface area contributed by atoms with Crippen molar-refractivity contribution in [2.24, 2.45) is 0 Å². The van der Waals surface area contributed by atoms with Crippen molar-refractivity contribution in [3.63, 3.8) is 0 Å². The number of hydrogen-bond donors (Lipinski definition) is 1. The second-order valence-electron chi connectivity index (χ2n) is 2.48. The van der Waals surface area contributed by atoms with Crippen LogP contribution in [0.25, 0.3) is 0 Å². The minimum Gasteiger partial charge on any atom is -0.467 e. The van der Waals surface area contributed by atoms with E-state index in [1.807, 2.05) is 0 Å². The van der Waals surface area contributed by atoms with Crippen LogP contribution < -0.4 is 14.8 Å². The highest BCUT2D eigenvalue weighted by atomic mass is 16.5. The SMILES string of the molecule is C#CCCOc1nc(NC)nc(OC)n1. The summed E-state index contributed by atoms with van der Waals surface area (Å²) in [6.45, 7) is 0.368. The van der Waals surface area contributed by atoms with Gasteiger partial charge in [0, 0.05) is 13.5 Å². The molecule has 0 amide bonds. The predicted molar refractivity (Wildman–Crippen MR) is 54.9 cm³/mol. The molecule has 1 aromatic rings. The Morgan fingerprint density at radius 1 is 1.33 bits per heavy atom. The maximum absolute atomic E-state index is 5.21. The van der Waals surface area contributed by atoms with Gasteiger partial charge in [0.25, 0.3) is 0 Å². The monoisotopic (exact) mass is 208 g/mol. The maximum Gasteiger partial charge on any atom is 0.324 e. The molecule has 6 nitrogen and oxygen atoms in total. The van der Waals surface area contributed by atoms with Gasteiger partial charge in [-0.05, 0) is 0 Å². The van der Waals surface area contributed by atoms with Crippen LogP contribution in [0.5, 0.6) is 12.0 Å². The molecular formula is C9H12N4O2. The van der Waals surface area contributed by atoms with Crippen molar-refractivity contribution in [2.75, 3.05) is 26.1 Å². The molecule has 0 aliphatic carbocycles.